The zero-order chi connectivity index (χ0) is 24.6. The number of para-hydroxylation sites is 2. The van der Waals surface area contributed by atoms with Crippen LogP contribution < -0.4 is 14.2 Å². The van der Waals surface area contributed by atoms with E-state index in [0.717, 1.165) is 55.4 Å². The lowest BCUT2D eigenvalue weighted by Crippen LogP contribution is -2.51. The van der Waals surface area contributed by atoms with E-state index in [4.69, 9.17) is 25.8 Å². The van der Waals surface area contributed by atoms with Crippen LogP contribution in [0.1, 0.15) is 23.1 Å². The second-order valence-corrected chi connectivity index (χ2v) is 9.01. The van der Waals surface area contributed by atoms with Gasteiger partial charge >= 0.3 is 0 Å². The fourth-order valence-corrected chi connectivity index (χ4v) is 4.87. The molecule has 3 aromatic carbocycles. The summed E-state index contributed by atoms with van der Waals surface area (Å²) in [5.74, 6) is 2.62. The lowest BCUT2D eigenvalue weighted by Gasteiger charge is -2.43. The second kappa shape index (κ2) is 12.1. The highest BCUT2D eigenvalue weighted by Crippen LogP contribution is 2.29. The minimum absolute atomic E-state index is 0.0715. The summed E-state index contributed by atoms with van der Waals surface area (Å²) in [5, 5.41) is 0.686. The Kier molecular flexibility index (Phi) is 8.69. The number of hydrogen-bond donors (Lipinski definition) is 0. The average Bonchev–Trinajstić information content (AvgIpc) is 2.89. The van der Waals surface area contributed by atoms with Gasteiger partial charge in [-0.25, -0.2) is 0 Å². The molecule has 1 aliphatic rings. The van der Waals surface area contributed by atoms with Crippen molar-refractivity contribution in [3.63, 3.8) is 0 Å². The van der Waals surface area contributed by atoms with Crippen LogP contribution in [0, 0.1) is 0 Å². The molecular formula is C29H33ClN2O3. The van der Waals surface area contributed by atoms with Gasteiger partial charge in [-0.2, -0.15) is 0 Å². The minimum atomic E-state index is 0.0715. The van der Waals surface area contributed by atoms with Crippen molar-refractivity contribution in [2.45, 2.75) is 25.7 Å². The first-order chi connectivity index (χ1) is 17.1. The molecule has 0 bridgehead atoms. The first-order valence-electron chi connectivity index (χ1n) is 11.9. The van der Waals surface area contributed by atoms with Crippen LogP contribution in [0.4, 0.5) is 0 Å². The standard InChI is InChI=1S/C29H33ClN2O3/c1-33-26-11-6-4-9-23(26)20-31-17-8-18-32(21-24-10-5-7-12-27(24)34-2)29(31)16-13-22-19-25(30)14-15-28(22)35-3/h4-7,9-16,19,29H,8,17-18,20-21H2,1-3H3/b16-13-. The highest BCUT2D eigenvalue weighted by molar-refractivity contribution is 6.30. The number of rotatable bonds is 9. The van der Waals surface area contributed by atoms with Crippen LogP contribution in [0.2, 0.25) is 5.02 Å². The molecule has 1 fully saturated rings. The Morgan fingerprint density at radius 1 is 0.771 bits per heavy atom. The van der Waals surface area contributed by atoms with Crippen LogP contribution in [0.5, 0.6) is 17.2 Å². The Morgan fingerprint density at radius 3 is 1.86 bits per heavy atom. The molecule has 3 aromatic rings. The van der Waals surface area contributed by atoms with Crippen molar-refractivity contribution in [1.82, 2.24) is 9.80 Å². The highest BCUT2D eigenvalue weighted by Gasteiger charge is 2.28. The predicted octanol–water partition coefficient (Wildman–Crippen LogP) is 6.11. The van der Waals surface area contributed by atoms with E-state index in [1.807, 2.05) is 42.5 Å². The van der Waals surface area contributed by atoms with Crippen molar-refractivity contribution < 1.29 is 14.2 Å². The molecule has 0 aliphatic carbocycles. The zero-order valence-corrected chi connectivity index (χ0v) is 21.4. The fourth-order valence-electron chi connectivity index (χ4n) is 4.69. The summed E-state index contributed by atoms with van der Waals surface area (Å²) in [6.45, 7) is 3.55. The smallest absolute Gasteiger partial charge is 0.126 e. The first kappa shape index (κ1) is 25.1. The number of nitrogens with zero attached hydrogens (tertiary/aromatic N) is 2. The van der Waals surface area contributed by atoms with Crippen LogP contribution in [-0.2, 0) is 13.1 Å². The SMILES string of the molecule is COc1ccc(Cl)cc1/C=C\C1N(Cc2ccccc2OC)CCCN1Cc1ccccc1OC. The van der Waals surface area contributed by atoms with E-state index in [9.17, 15) is 0 Å². The third-order valence-corrected chi connectivity index (χ3v) is 6.65. The number of methoxy groups -OCH3 is 3. The van der Waals surface area contributed by atoms with Crippen molar-refractivity contribution >= 4 is 17.7 Å². The molecule has 1 aliphatic heterocycles. The summed E-state index contributed by atoms with van der Waals surface area (Å²) >= 11 is 6.30. The summed E-state index contributed by atoms with van der Waals surface area (Å²) in [7, 11) is 5.14. The van der Waals surface area contributed by atoms with Crippen molar-refractivity contribution in [2.75, 3.05) is 34.4 Å². The van der Waals surface area contributed by atoms with Crippen LogP contribution in [0.3, 0.4) is 0 Å². The molecule has 4 rings (SSSR count). The molecule has 0 N–H and O–H groups in total. The van der Waals surface area contributed by atoms with E-state index in [2.05, 4.69) is 46.2 Å². The summed E-state index contributed by atoms with van der Waals surface area (Å²) in [6, 6.07) is 22.2. The quantitative estimate of drug-likeness (QED) is 0.360. The molecule has 5 nitrogen and oxygen atoms in total. The lowest BCUT2D eigenvalue weighted by molar-refractivity contribution is 0.0228. The maximum Gasteiger partial charge on any atom is 0.126 e. The van der Waals surface area contributed by atoms with Gasteiger partial charge in [-0.15, -0.1) is 0 Å². The third-order valence-electron chi connectivity index (χ3n) is 6.41. The van der Waals surface area contributed by atoms with Crippen molar-refractivity contribution in [3.05, 3.63) is 94.5 Å². The molecule has 0 radical (unpaired) electrons. The largest absolute Gasteiger partial charge is 0.496 e. The van der Waals surface area contributed by atoms with Crippen molar-refractivity contribution in [3.8, 4) is 17.2 Å². The van der Waals surface area contributed by atoms with Gasteiger partial charge in [0, 0.05) is 47.9 Å². The normalized spacial score (nSPS) is 15.4. The monoisotopic (exact) mass is 492 g/mol. The van der Waals surface area contributed by atoms with E-state index >= 15 is 0 Å². The van der Waals surface area contributed by atoms with Gasteiger partial charge in [-0.05, 0) is 36.8 Å². The average molecular weight is 493 g/mol. The summed E-state index contributed by atoms with van der Waals surface area (Å²) in [4.78, 5) is 4.98. The molecule has 0 spiro atoms. The number of hydrogen-bond acceptors (Lipinski definition) is 5. The second-order valence-electron chi connectivity index (χ2n) is 8.58. The maximum atomic E-state index is 6.30. The Balaban J connectivity index is 1.67. The maximum absolute atomic E-state index is 6.30. The number of halogens is 1. The molecule has 6 heteroatoms. The molecule has 0 aromatic heterocycles. The molecule has 0 amide bonds. The van der Waals surface area contributed by atoms with Crippen molar-refractivity contribution in [1.29, 1.82) is 0 Å². The van der Waals surface area contributed by atoms with Gasteiger partial charge in [0.2, 0.25) is 0 Å². The minimum Gasteiger partial charge on any atom is -0.496 e. The lowest BCUT2D eigenvalue weighted by atomic mass is 10.1. The van der Waals surface area contributed by atoms with Gasteiger partial charge in [-0.1, -0.05) is 60.2 Å². The zero-order valence-electron chi connectivity index (χ0n) is 20.6. The van der Waals surface area contributed by atoms with E-state index in [1.54, 1.807) is 21.3 Å². The van der Waals surface area contributed by atoms with Gasteiger partial charge in [0.25, 0.3) is 0 Å². The predicted molar refractivity (Wildman–Crippen MR) is 142 cm³/mol. The number of benzene rings is 3. The molecule has 1 saturated heterocycles. The first-order valence-corrected chi connectivity index (χ1v) is 12.2. The van der Waals surface area contributed by atoms with E-state index < -0.39 is 0 Å². The van der Waals surface area contributed by atoms with Gasteiger partial charge in [0.1, 0.15) is 17.2 Å². The van der Waals surface area contributed by atoms with Gasteiger partial charge in [-0.3, -0.25) is 9.80 Å². The highest BCUT2D eigenvalue weighted by atomic mass is 35.5. The molecule has 0 atom stereocenters. The van der Waals surface area contributed by atoms with E-state index in [1.165, 1.54) is 11.1 Å². The summed E-state index contributed by atoms with van der Waals surface area (Å²) in [6.07, 6.45) is 5.51. The van der Waals surface area contributed by atoms with Crippen LogP contribution >= 0.6 is 11.6 Å². The van der Waals surface area contributed by atoms with E-state index in [0.29, 0.717) is 5.02 Å². The Labute approximate surface area is 213 Å². The molecule has 0 saturated carbocycles. The third kappa shape index (κ3) is 6.17. The van der Waals surface area contributed by atoms with Crippen LogP contribution in [0.15, 0.2) is 72.8 Å². The summed E-state index contributed by atoms with van der Waals surface area (Å²) in [5.41, 5.74) is 3.31. The van der Waals surface area contributed by atoms with Crippen LogP contribution in [0.25, 0.3) is 6.08 Å². The Bertz CT molecular complexity index is 1090. The molecule has 184 valence electrons. The number of ether oxygens (including phenoxy) is 3. The fraction of sp³-hybridized carbons (Fsp3) is 0.310. The molecular weight excluding hydrogens is 460 g/mol. The van der Waals surface area contributed by atoms with Gasteiger partial charge in [0.15, 0.2) is 0 Å². The van der Waals surface area contributed by atoms with Crippen molar-refractivity contribution in [2.24, 2.45) is 0 Å². The topological polar surface area (TPSA) is 34.2 Å². The van der Waals surface area contributed by atoms with Crippen LogP contribution in [-0.4, -0.2) is 50.4 Å². The Hall–Kier alpha value is -2.99. The van der Waals surface area contributed by atoms with Gasteiger partial charge in [0.05, 0.1) is 27.5 Å². The molecule has 35 heavy (non-hydrogen) atoms. The van der Waals surface area contributed by atoms with Gasteiger partial charge < -0.3 is 14.2 Å². The van der Waals surface area contributed by atoms with E-state index in [-0.39, 0.29) is 6.17 Å². The summed E-state index contributed by atoms with van der Waals surface area (Å²) < 4.78 is 16.9. The Morgan fingerprint density at radius 2 is 1.31 bits per heavy atom. The molecule has 0 unspecified atom stereocenters. The molecule has 1 heterocycles.